The van der Waals surface area contributed by atoms with Crippen molar-refractivity contribution >= 4 is 17.8 Å². The zero-order valence-electron chi connectivity index (χ0n) is 45.0. The predicted octanol–water partition coefficient (Wildman–Crippen LogP) is 17.2. The van der Waals surface area contributed by atoms with E-state index in [1.54, 1.807) is 0 Å². The lowest BCUT2D eigenvalue weighted by molar-refractivity contribution is -0.150. The number of carbonyl (C=O) groups is 3. The molecular weight excluding hydrogens is 805 g/mol. The minimum absolute atomic E-state index is 0.0483. The topological polar surface area (TPSA) is 76.2 Å². The van der Waals surface area contributed by atoms with Crippen LogP contribution >= 0.6 is 0 Å². The number of hydrogen-bond donors (Lipinski definition) is 0. The number of nitrogens with zero attached hydrogens (tertiary/aromatic N) is 2. The second-order valence-electron chi connectivity index (χ2n) is 20.5. The first-order valence-electron chi connectivity index (χ1n) is 29.0. The van der Waals surface area contributed by atoms with Gasteiger partial charge in [0.15, 0.2) is 0 Å². The van der Waals surface area contributed by atoms with Gasteiger partial charge in [0.2, 0.25) is 5.91 Å². The van der Waals surface area contributed by atoms with Gasteiger partial charge >= 0.3 is 11.9 Å². The summed E-state index contributed by atoms with van der Waals surface area (Å²) in [6, 6.07) is 0.354. The van der Waals surface area contributed by atoms with Crippen molar-refractivity contribution in [3.05, 3.63) is 0 Å². The summed E-state index contributed by atoms with van der Waals surface area (Å²) in [6.45, 7) is 14.2. The third-order valence-corrected chi connectivity index (χ3v) is 13.9. The predicted molar refractivity (Wildman–Crippen MR) is 281 cm³/mol. The molecule has 2 atom stereocenters. The van der Waals surface area contributed by atoms with Crippen molar-refractivity contribution in [3.63, 3.8) is 0 Å². The van der Waals surface area contributed by atoms with E-state index >= 15 is 0 Å². The molecular formula is C58H114N2O5. The molecule has 0 saturated carbocycles. The van der Waals surface area contributed by atoms with Crippen LogP contribution < -0.4 is 0 Å². The fourth-order valence-corrected chi connectivity index (χ4v) is 9.51. The van der Waals surface area contributed by atoms with Crippen LogP contribution in [0.4, 0.5) is 0 Å². The first-order chi connectivity index (χ1) is 31.7. The van der Waals surface area contributed by atoms with E-state index in [0.29, 0.717) is 31.6 Å². The van der Waals surface area contributed by atoms with Crippen molar-refractivity contribution < 1.29 is 23.9 Å². The molecule has 0 aromatic heterocycles. The summed E-state index contributed by atoms with van der Waals surface area (Å²) >= 11 is 0. The largest absolute Gasteiger partial charge is 0.465 e. The Balaban J connectivity index is 4.98. The highest BCUT2D eigenvalue weighted by Crippen LogP contribution is 2.24. The molecule has 0 bridgehead atoms. The zero-order valence-corrected chi connectivity index (χ0v) is 45.0. The van der Waals surface area contributed by atoms with E-state index in [9.17, 15) is 14.4 Å². The zero-order chi connectivity index (χ0) is 47.9. The van der Waals surface area contributed by atoms with Crippen LogP contribution in [-0.4, -0.2) is 74.1 Å². The van der Waals surface area contributed by atoms with Gasteiger partial charge in [0.1, 0.15) is 0 Å². The van der Waals surface area contributed by atoms with Crippen molar-refractivity contribution in [2.75, 3.05) is 40.4 Å². The number of amides is 1. The average Bonchev–Trinajstić information content (AvgIpc) is 3.29. The van der Waals surface area contributed by atoms with E-state index in [4.69, 9.17) is 9.47 Å². The molecule has 386 valence electrons. The Morgan fingerprint density at radius 2 is 0.677 bits per heavy atom. The van der Waals surface area contributed by atoms with Crippen LogP contribution in [0.3, 0.4) is 0 Å². The molecule has 0 aromatic rings. The molecule has 0 fully saturated rings. The summed E-state index contributed by atoms with van der Waals surface area (Å²) in [5.41, 5.74) is 0. The minimum atomic E-state index is 0.0483. The van der Waals surface area contributed by atoms with Gasteiger partial charge < -0.3 is 19.3 Å². The van der Waals surface area contributed by atoms with Crippen molar-refractivity contribution in [1.29, 1.82) is 0 Å². The summed E-state index contributed by atoms with van der Waals surface area (Å²) in [5, 5.41) is 0. The Morgan fingerprint density at radius 1 is 0.354 bits per heavy atom. The van der Waals surface area contributed by atoms with Gasteiger partial charge in [-0.05, 0) is 84.8 Å². The van der Waals surface area contributed by atoms with Crippen LogP contribution in [0.2, 0.25) is 0 Å². The van der Waals surface area contributed by atoms with E-state index in [1.807, 2.05) is 0 Å². The molecule has 0 N–H and O–H groups in total. The molecule has 1 amide bonds. The Labute approximate surface area is 406 Å². The van der Waals surface area contributed by atoms with E-state index < -0.39 is 0 Å². The highest BCUT2D eigenvalue weighted by Gasteiger charge is 2.23. The molecule has 65 heavy (non-hydrogen) atoms. The molecule has 0 saturated heterocycles. The second kappa shape index (κ2) is 48.8. The summed E-state index contributed by atoms with van der Waals surface area (Å²) in [4.78, 5) is 44.2. The minimum Gasteiger partial charge on any atom is -0.465 e. The standard InChI is InChI=1S/C58H114N2O5/c1-8-13-18-21-26-31-38-50-60(56(61)48-41-49-59(6)7)55(46-36-29-24-22-27-32-39-51-64-57(62)53(42-16-11-4)44-34-19-14-9-2)47-37-30-25-23-28-33-40-52-65-58(63)54(43-17-12-5)45-35-20-15-10-3/h53-55H,8-52H2,1-7H3. The molecule has 0 aliphatic rings. The second-order valence-corrected chi connectivity index (χ2v) is 20.5. The molecule has 0 aliphatic heterocycles. The summed E-state index contributed by atoms with van der Waals surface area (Å²) in [5.74, 6) is 0.660. The van der Waals surface area contributed by atoms with Gasteiger partial charge in [-0.25, -0.2) is 0 Å². The fourth-order valence-electron chi connectivity index (χ4n) is 9.51. The fraction of sp³-hybridized carbons (Fsp3) is 0.948. The molecule has 0 heterocycles. The number of carbonyl (C=O) groups excluding carboxylic acids is 3. The van der Waals surface area contributed by atoms with Crippen LogP contribution in [0.5, 0.6) is 0 Å². The van der Waals surface area contributed by atoms with E-state index in [1.165, 1.54) is 141 Å². The van der Waals surface area contributed by atoms with E-state index in [2.05, 4.69) is 58.5 Å². The number of unbranched alkanes of at least 4 members (excludes halogenated alkanes) is 26. The van der Waals surface area contributed by atoms with Gasteiger partial charge in [0.25, 0.3) is 0 Å². The monoisotopic (exact) mass is 919 g/mol. The Hall–Kier alpha value is -1.63. The molecule has 2 unspecified atom stereocenters. The number of hydrogen-bond acceptors (Lipinski definition) is 6. The van der Waals surface area contributed by atoms with Crippen LogP contribution in [0.15, 0.2) is 0 Å². The van der Waals surface area contributed by atoms with Gasteiger partial charge in [0.05, 0.1) is 25.0 Å². The summed E-state index contributed by atoms with van der Waals surface area (Å²) < 4.78 is 11.6. The van der Waals surface area contributed by atoms with Gasteiger partial charge in [-0.1, -0.05) is 227 Å². The molecule has 7 heteroatoms. The quantitative estimate of drug-likeness (QED) is 0.0447. The number of esters is 2. The molecule has 7 nitrogen and oxygen atoms in total. The molecule has 0 radical (unpaired) electrons. The average molecular weight is 920 g/mol. The SMILES string of the molecule is CCCCCCCCCN(C(=O)CCCN(C)C)C(CCCCCCCCCOC(=O)C(CCCC)CCCCCC)CCCCCCCCCOC(=O)C(CCCC)CCCCCC. The number of ether oxygens (including phenoxy) is 2. The lowest BCUT2D eigenvalue weighted by atomic mass is 9.95. The molecule has 0 rings (SSSR count). The van der Waals surface area contributed by atoms with E-state index in [-0.39, 0.29) is 23.8 Å². The first-order valence-corrected chi connectivity index (χ1v) is 29.0. The van der Waals surface area contributed by atoms with Gasteiger partial charge in [-0.3, -0.25) is 14.4 Å². The first kappa shape index (κ1) is 63.4. The highest BCUT2D eigenvalue weighted by molar-refractivity contribution is 5.76. The van der Waals surface area contributed by atoms with Crippen LogP contribution in [0.1, 0.15) is 298 Å². The smallest absolute Gasteiger partial charge is 0.308 e. The van der Waals surface area contributed by atoms with Gasteiger partial charge in [-0.15, -0.1) is 0 Å². The van der Waals surface area contributed by atoms with Crippen molar-refractivity contribution in [2.45, 2.75) is 304 Å². The maximum Gasteiger partial charge on any atom is 0.308 e. The number of rotatable bonds is 51. The third-order valence-electron chi connectivity index (χ3n) is 13.9. The van der Waals surface area contributed by atoms with Gasteiger partial charge in [-0.2, -0.15) is 0 Å². The normalized spacial score (nSPS) is 13.0. The Bertz CT molecular complexity index is 980. The van der Waals surface area contributed by atoms with Crippen molar-refractivity contribution in [3.8, 4) is 0 Å². The lowest BCUT2D eigenvalue weighted by Gasteiger charge is -2.33. The summed E-state index contributed by atoms with van der Waals surface area (Å²) in [6.07, 6.45) is 47.3. The van der Waals surface area contributed by atoms with Crippen LogP contribution in [0.25, 0.3) is 0 Å². The molecule has 0 aliphatic carbocycles. The molecule has 0 spiro atoms. The third kappa shape index (κ3) is 40.0. The lowest BCUT2D eigenvalue weighted by Crippen LogP contribution is -2.41. The Kier molecular flexibility index (Phi) is 47.6. The van der Waals surface area contributed by atoms with Crippen LogP contribution in [-0.2, 0) is 23.9 Å². The van der Waals surface area contributed by atoms with Crippen molar-refractivity contribution in [2.24, 2.45) is 11.8 Å². The maximum absolute atomic E-state index is 13.9. The van der Waals surface area contributed by atoms with Crippen LogP contribution in [0, 0.1) is 11.8 Å². The molecule has 0 aromatic carbocycles. The van der Waals surface area contributed by atoms with E-state index in [0.717, 1.165) is 129 Å². The maximum atomic E-state index is 13.9. The van der Waals surface area contributed by atoms with Gasteiger partial charge in [0, 0.05) is 19.0 Å². The Morgan fingerprint density at radius 3 is 1.08 bits per heavy atom. The van der Waals surface area contributed by atoms with Crippen molar-refractivity contribution in [1.82, 2.24) is 9.80 Å². The highest BCUT2D eigenvalue weighted by atomic mass is 16.5. The summed E-state index contributed by atoms with van der Waals surface area (Å²) in [7, 11) is 4.21.